The quantitative estimate of drug-likeness (QED) is 0.799. The second kappa shape index (κ2) is 7.82. The van der Waals surface area contributed by atoms with Crippen LogP contribution in [0, 0.1) is 12.8 Å². The van der Waals surface area contributed by atoms with Crippen molar-refractivity contribution in [3.63, 3.8) is 0 Å². The van der Waals surface area contributed by atoms with Gasteiger partial charge in [-0.25, -0.2) is 0 Å². The summed E-state index contributed by atoms with van der Waals surface area (Å²) in [7, 11) is 0. The summed E-state index contributed by atoms with van der Waals surface area (Å²) in [5.74, 6) is 0.348. The van der Waals surface area contributed by atoms with Gasteiger partial charge >= 0.3 is 5.97 Å². The van der Waals surface area contributed by atoms with Gasteiger partial charge in [0.25, 0.3) is 0 Å². The number of carboxylic acids is 1. The van der Waals surface area contributed by atoms with Crippen LogP contribution in [0.2, 0.25) is 0 Å². The summed E-state index contributed by atoms with van der Waals surface area (Å²) in [4.78, 5) is 11.0. The van der Waals surface area contributed by atoms with Crippen molar-refractivity contribution in [2.75, 3.05) is 0 Å². The smallest absolute Gasteiger partial charge is 0.303 e. The lowest BCUT2D eigenvalue weighted by molar-refractivity contribution is -0.137. The molecule has 0 radical (unpaired) electrons. The van der Waals surface area contributed by atoms with E-state index in [1.54, 1.807) is 0 Å². The number of aliphatic carboxylic acids is 1. The largest absolute Gasteiger partial charge is 0.489 e. The zero-order valence-corrected chi connectivity index (χ0v) is 14.0. The van der Waals surface area contributed by atoms with Crippen molar-refractivity contribution >= 4 is 5.97 Å². The lowest BCUT2D eigenvalue weighted by Gasteiger charge is -2.19. The van der Waals surface area contributed by atoms with Gasteiger partial charge in [0.2, 0.25) is 0 Å². The van der Waals surface area contributed by atoms with Crippen LogP contribution in [0.1, 0.15) is 42.9 Å². The molecule has 3 nitrogen and oxygen atoms in total. The van der Waals surface area contributed by atoms with Gasteiger partial charge in [-0.05, 0) is 47.6 Å². The Hall–Kier alpha value is -2.29. The fraction of sp³-hybridized carbons (Fsp3) is 0.350. The van der Waals surface area contributed by atoms with E-state index in [0.717, 1.165) is 11.3 Å². The van der Waals surface area contributed by atoms with Crippen LogP contribution in [0.3, 0.4) is 0 Å². The van der Waals surface area contributed by atoms with E-state index in [1.165, 1.54) is 11.1 Å². The molecule has 0 aliphatic carbocycles. The number of carboxylic acid groups (broad SMARTS) is 1. The average Bonchev–Trinajstić information content (AvgIpc) is 2.52. The van der Waals surface area contributed by atoms with E-state index >= 15 is 0 Å². The molecule has 2 rings (SSSR count). The van der Waals surface area contributed by atoms with Gasteiger partial charge in [-0.1, -0.05) is 50.2 Å². The van der Waals surface area contributed by atoms with E-state index in [2.05, 4.69) is 32.9 Å². The van der Waals surface area contributed by atoms with Gasteiger partial charge in [0.1, 0.15) is 12.4 Å². The second-order valence-electron chi connectivity index (χ2n) is 6.23. The molecule has 0 bridgehead atoms. The highest BCUT2D eigenvalue weighted by Gasteiger charge is 2.19. The Morgan fingerprint density at radius 3 is 2.30 bits per heavy atom. The first-order chi connectivity index (χ1) is 11.0. The Morgan fingerprint density at radius 2 is 1.74 bits per heavy atom. The van der Waals surface area contributed by atoms with Crippen molar-refractivity contribution < 1.29 is 14.6 Å². The van der Waals surface area contributed by atoms with Crippen LogP contribution < -0.4 is 4.74 Å². The van der Waals surface area contributed by atoms with Gasteiger partial charge in [0.15, 0.2) is 0 Å². The molecule has 0 heterocycles. The molecule has 3 heteroatoms. The summed E-state index contributed by atoms with van der Waals surface area (Å²) < 4.78 is 5.83. The summed E-state index contributed by atoms with van der Waals surface area (Å²) >= 11 is 0. The predicted molar refractivity (Wildman–Crippen MR) is 91.8 cm³/mol. The molecule has 1 N–H and O–H groups in total. The first-order valence-corrected chi connectivity index (χ1v) is 7.96. The van der Waals surface area contributed by atoms with Crippen LogP contribution in [0.15, 0.2) is 48.5 Å². The minimum Gasteiger partial charge on any atom is -0.489 e. The zero-order chi connectivity index (χ0) is 16.8. The molecule has 0 amide bonds. The van der Waals surface area contributed by atoms with Crippen LogP contribution in [-0.4, -0.2) is 11.1 Å². The SMILES string of the molecule is Cc1ccccc1COc1ccc(C(CC(=O)O)C(C)C)cc1. The molecule has 0 saturated heterocycles. The number of hydrogen-bond acceptors (Lipinski definition) is 2. The summed E-state index contributed by atoms with van der Waals surface area (Å²) in [5, 5.41) is 9.06. The van der Waals surface area contributed by atoms with Crippen LogP contribution >= 0.6 is 0 Å². The van der Waals surface area contributed by atoms with Crippen molar-refractivity contribution in [1.82, 2.24) is 0 Å². The summed E-state index contributed by atoms with van der Waals surface area (Å²) in [6, 6.07) is 15.9. The molecule has 0 aliphatic heterocycles. The standard InChI is InChI=1S/C20H24O3/c1-14(2)19(12-20(21)22)16-8-10-18(11-9-16)23-13-17-7-5-4-6-15(17)3/h4-11,14,19H,12-13H2,1-3H3,(H,21,22). The Balaban J connectivity index is 2.04. The molecule has 0 aromatic heterocycles. The van der Waals surface area contributed by atoms with Crippen LogP contribution in [0.5, 0.6) is 5.75 Å². The molecule has 122 valence electrons. The number of rotatable bonds is 7. The lowest BCUT2D eigenvalue weighted by atomic mass is 9.86. The van der Waals surface area contributed by atoms with Crippen LogP contribution in [-0.2, 0) is 11.4 Å². The van der Waals surface area contributed by atoms with Crippen molar-refractivity contribution in [3.8, 4) is 5.75 Å². The third kappa shape index (κ3) is 4.85. The van der Waals surface area contributed by atoms with Crippen molar-refractivity contribution in [2.24, 2.45) is 5.92 Å². The molecule has 0 fully saturated rings. The minimum atomic E-state index is -0.761. The third-order valence-electron chi connectivity index (χ3n) is 4.16. The van der Waals surface area contributed by atoms with E-state index < -0.39 is 5.97 Å². The molecule has 2 aromatic carbocycles. The van der Waals surface area contributed by atoms with Crippen molar-refractivity contribution in [3.05, 3.63) is 65.2 Å². The van der Waals surface area contributed by atoms with E-state index in [0.29, 0.717) is 6.61 Å². The number of aryl methyl sites for hydroxylation is 1. The molecule has 0 spiro atoms. The number of carbonyl (C=O) groups is 1. The first kappa shape index (κ1) is 17.1. The van der Waals surface area contributed by atoms with E-state index in [9.17, 15) is 4.79 Å². The maximum Gasteiger partial charge on any atom is 0.303 e. The number of benzene rings is 2. The second-order valence-corrected chi connectivity index (χ2v) is 6.23. The fourth-order valence-electron chi connectivity index (χ4n) is 2.67. The lowest BCUT2D eigenvalue weighted by Crippen LogP contribution is -2.12. The van der Waals surface area contributed by atoms with Crippen molar-refractivity contribution in [2.45, 2.75) is 39.7 Å². The number of ether oxygens (including phenoxy) is 1. The molecule has 0 saturated carbocycles. The molecule has 1 unspecified atom stereocenters. The highest BCUT2D eigenvalue weighted by atomic mass is 16.5. The highest BCUT2D eigenvalue weighted by molar-refractivity contribution is 5.68. The van der Waals surface area contributed by atoms with Gasteiger partial charge in [0.05, 0.1) is 6.42 Å². The third-order valence-corrected chi connectivity index (χ3v) is 4.16. The highest BCUT2D eigenvalue weighted by Crippen LogP contribution is 2.29. The molecule has 0 aliphatic rings. The van der Waals surface area contributed by atoms with Gasteiger partial charge in [-0.2, -0.15) is 0 Å². The predicted octanol–water partition coefficient (Wildman–Crippen LogP) is 4.79. The van der Waals surface area contributed by atoms with Crippen LogP contribution in [0.25, 0.3) is 0 Å². The Morgan fingerprint density at radius 1 is 1.09 bits per heavy atom. The first-order valence-electron chi connectivity index (χ1n) is 7.96. The van der Waals surface area contributed by atoms with E-state index in [-0.39, 0.29) is 18.3 Å². The van der Waals surface area contributed by atoms with E-state index in [1.807, 2.05) is 36.4 Å². The monoisotopic (exact) mass is 312 g/mol. The van der Waals surface area contributed by atoms with Gasteiger partial charge in [-0.3, -0.25) is 4.79 Å². The molecule has 1 atom stereocenters. The maximum absolute atomic E-state index is 11.0. The maximum atomic E-state index is 11.0. The fourth-order valence-corrected chi connectivity index (χ4v) is 2.67. The average molecular weight is 312 g/mol. The summed E-state index contributed by atoms with van der Waals surface area (Å²) in [6.07, 6.45) is 0.154. The Bertz CT molecular complexity index is 644. The normalized spacial score (nSPS) is 12.2. The summed E-state index contributed by atoms with van der Waals surface area (Å²) in [6.45, 7) is 6.71. The summed E-state index contributed by atoms with van der Waals surface area (Å²) in [5.41, 5.74) is 3.43. The minimum absolute atomic E-state index is 0.0258. The number of hydrogen-bond donors (Lipinski definition) is 1. The Labute approximate surface area is 137 Å². The Kier molecular flexibility index (Phi) is 5.80. The topological polar surface area (TPSA) is 46.5 Å². The van der Waals surface area contributed by atoms with Gasteiger partial charge in [-0.15, -0.1) is 0 Å². The van der Waals surface area contributed by atoms with E-state index in [4.69, 9.17) is 9.84 Å². The molecular weight excluding hydrogens is 288 g/mol. The van der Waals surface area contributed by atoms with Gasteiger partial charge < -0.3 is 9.84 Å². The molecular formula is C20H24O3. The van der Waals surface area contributed by atoms with Crippen molar-refractivity contribution in [1.29, 1.82) is 0 Å². The van der Waals surface area contributed by atoms with Gasteiger partial charge in [0, 0.05) is 0 Å². The molecule has 23 heavy (non-hydrogen) atoms. The molecule has 2 aromatic rings. The van der Waals surface area contributed by atoms with Crippen LogP contribution in [0.4, 0.5) is 0 Å². The zero-order valence-electron chi connectivity index (χ0n) is 14.0.